The molecule has 11 aromatic rings. The zero-order chi connectivity index (χ0) is 41.9. The third-order valence-electron chi connectivity index (χ3n) is 13.6. The van der Waals surface area contributed by atoms with E-state index in [9.17, 15) is 0 Å². The maximum atomic E-state index is 7.09. The van der Waals surface area contributed by atoms with Crippen LogP contribution in [0.25, 0.3) is 55.0 Å². The van der Waals surface area contributed by atoms with Crippen molar-refractivity contribution in [3.05, 3.63) is 251 Å². The summed E-state index contributed by atoms with van der Waals surface area (Å²) in [5.41, 5.74) is 14.1. The van der Waals surface area contributed by atoms with Gasteiger partial charge in [0.15, 0.2) is 6.17 Å². The minimum absolute atomic E-state index is 0.419. The molecule has 0 aliphatic carbocycles. The molecule has 2 aromatic heterocycles. The number of rotatable bonds is 4. The topological polar surface area (TPSA) is 55.8 Å². The second-order valence-corrected chi connectivity index (χ2v) is 16.9. The summed E-state index contributed by atoms with van der Waals surface area (Å²) in [5.74, 6) is 3.32. The summed E-state index contributed by atoms with van der Waals surface area (Å²) in [7, 11) is 0. The average Bonchev–Trinajstić information content (AvgIpc) is 3.88. The van der Waals surface area contributed by atoms with Gasteiger partial charge >= 0.3 is 0 Å². The van der Waals surface area contributed by atoms with Crippen LogP contribution in [0.3, 0.4) is 0 Å². The summed E-state index contributed by atoms with van der Waals surface area (Å²) in [6.07, 6.45) is -0.419. The zero-order valence-electron chi connectivity index (χ0n) is 34.5. The first-order valence-electron chi connectivity index (χ1n) is 21.9. The molecule has 300 valence electrons. The Hall–Kier alpha value is -8.48. The molecule has 1 atom stereocenters. The van der Waals surface area contributed by atoms with Gasteiger partial charge in [0, 0.05) is 55.6 Å². The van der Waals surface area contributed by atoms with Gasteiger partial charge in [-0.1, -0.05) is 164 Å². The fourth-order valence-corrected chi connectivity index (χ4v) is 10.9. The Bertz CT molecular complexity index is 3730. The summed E-state index contributed by atoms with van der Waals surface area (Å²) >= 11 is 0. The number of benzene rings is 9. The fourth-order valence-electron chi connectivity index (χ4n) is 10.9. The molecule has 1 unspecified atom stereocenters. The number of hydrogen-bond donors (Lipinski definition) is 1. The van der Waals surface area contributed by atoms with Gasteiger partial charge in [0.2, 0.25) is 0 Å². The van der Waals surface area contributed by atoms with Gasteiger partial charge in [-0.2, -0.15) is 0 Å². The Morgan fingerprint density at radius 3 is 1.73 bits per heavy atom. The van der Waals surface area contributed by atoms with Gasteiger partial charge < -0.3 is 19.2 Å². The molecular weight excluding hydrogens is 783 g/mol. The highest BCUT2D eigenvalue weighted by Gasteiger charge is 2.50. The molecule has 0 bridgehead atoms. The number of nitrogens with zero attached hydrogens (tertiary/aromatic N) is 4. The lowest BCUT2D eigenvalue weighted by atomic mass is 9.61. The number of ether oxygens (including phenoxy) is 1. The Kier molecular flexibility index (Phi) is 7.28. The molecule has 0 radical (unpaired) electrons. The first-order valence-corrected chi connectivity index (χ1v) is 21.9. The first-order chi connectivity index (χ1) is 31.7. The van der Waals surface area contributed by atoms with Gasteiger partial charge in [0.25, 0.3) is 0 Å². The van der Waals surface area contributed by atoms with Crippen molar-refractivity contribution in [2.45, 2.75) is 11.6 Å². The number of fused-ring (bicyclic) bond motifs is 14. The molecule has 64 heavy (non-hydrogen) atoms. The van der Waals surface area contributed by atoms with Crippen molar-refractivity contribution in [3.8, 4) is 22.9 Å². The maximum absolute atomic E-state index is 7.09. The minimum atomic E-state index is -0.656. The van der Waals surface area contributed by atoms with E-state index in [1.165, 1.54) is 49.4 Å². The Morgan fingerprint density at radius 1 is 0.422 bits per heavy atom. The fraction of sp³-hybridized carbons (Fsp3) is 0.0345. The normalized spacial score (nSPS) is 16.2. The minimum Gasteiger partial charge on any atom is -0.457 e. The van der Waals surface area contributed by atoms with E-state index < -0.39 is 11.6 Å². The maximum Gasteiger partial charge on any atom is 0.169 e. The van der Waals surface area contributed by atoms with Crippen LogP contribution in [0.1, 0.15) is 45.1 Å². The van der Waals surface area contributed by atoms with E-state index in [0.29, 0.717) is 0 Å². The third kappa shape index (κ3) is 4.79. The Balaban J connectivity index is 0.980. The standard InChI is InChI=1S/C58H37N5O/c1-3-16-36(17-4-1)55-59-56(37-18-5-2-6-19-37)61-57(60-55)38-30-32-39(33-31-38)62-48-26-11-8-21-41(48)43-34-47-53(35-51(43)62)64-52-29-14-10-24-45(52)58(47)44-23-9-13-28-50(44)63-49-27-12-7-20-40(49)42-22-15-25-46(58)54(42)63/h1-35,57H,(H,59,60,61). The lowest BCUT2D eigenvalue weighted by Crippen LogP contribution is -2.37. The van der Waals surface area contributed by atoms with Crippen LogP contribution in [0.5, 0.6) is 11.5 Å². The molecule has 1 N–H and O–H groups in total. The van der Waals surface area contributed by atoms with Crippen molar-refractivity contribution in [1.82, 2.24) is 14.5 Å². The van der Waals surface area contributed by atoms with Crippen LogP contribution >= 0.6 is 0 Å². The monoisotopic (exact) mass is 819 g/mol. The number of para-hydroxylation sites is 5. The average molecular weight is 820 g/mol. The van der Waals surface area contributed by atoms with Gasteiger partial charge in [-0.25, -0.2) is 9.98 Å². The molecule has 6 heteroatoms. The SMILES string of the molecule is c1ccc(C2=NC(c3ccc(-n4c5ccccc5c5cc6c(cc54)Oc4ccccc4C64c5ccccc5-n5c6ccccc6c6cccc4c65)cc3)N=C(c3ccccc3)N2)cc1. The predicted octanol–water partition coefficient (Wildman–Crippen LogP) is 13.2. The van der Waals surface area contributed by atoms with Crippen molar-refractivity contribution in [2.24, 2.45) is 9.98 Å². The molecule has 0 saturated carbocycles. The van der Waals surface area contributed by atoms with Gasteiger partial charge in [-0.15, -0.1) is 0 Å². The van der Waals surface area contributed by atoms with E-state index >= 15 is 0 Å². The van der Waals surface area contributed by atoms with Crippen molar-refractivity contribution in [3.63, 3.8) is 0 Å². The Morgan fingerprint density at radius 2 is 1.00 bits per heavy atom. The van der Waals surface area contributed by atoms with E-state index in [0.717, 1.165) is 67.7 Å². The van der Waals surface area contributed by atoms with Crippen molar-refractivity contribution >= 4 is 55.3 Å². The summed E-state index contributed by atoms with van der Waals surface area (Å²) in [6, 6.07) is 76.0. The largest absolute Gasteiger partial charge is 0.457 e. The number of amidine groups is 2. The van der Waals surface area contributed by atoms with Crippen LogP contribution in [-0.2, 0) is 5.41 Å². The Labute approximate surface area is 368 Å². The predicted molar refractivity (Wildman–Crippen MR) is 259 cm³/mol. The molecule has 0 saturated heterocycles. The smallest absolute Gasteiger partial charge is 0.169 e. The van der Waals surface area contributed by atoms with Gasteiger partial charge in [0.1, 0.15) is 23.2 Å². The molecule has 6 nitrogen and oxygen atoms in total. The molecule has 3 aliphatic rings. The van der Waals surface area contributed by atoms with E-state index in [1.807, 2.05) is 36.4 Å². The summed E-state index contributed by atoms with van der Waals surface area (Å²) in [4.78, 5) is 10.3. The molecule has 9 aromatic carbocycles. The van der Waals surface area contributed by atoms with Crippen LogP contribution in [0.2, 0.25) is 0 Å². The molecule has 0 fully saturated rings. The lowest BCUT2D eigenvalue weighted by molar-refractivity contribution is 0.434. The summed E-state index contributed by atoms with van der Waals surface area (Å²) in [5, 5.41) is 8.38. The number of nitrogens with one attached hydrogen (secondary N) is 1. The van der Waals surface area contributed by atoms with Crippen LogP contribution in [0.4, 0.5) is 0 Å². The number of aromatic nitrogens is 2. The van der Waals surface area contributed by atoms with Crippen LogP contribution in [0.15, 0.2) is 222 Å². The van der Waals surface area contributed by atoms with E-state index in [-0.39, 0.29) is 0 Å². The zero-order valence-corrected chi connectivity index (χ0v) is 34.5. The van der Waals surface area contributed by atoms with Crippen LogP contribution in [-0.4, -0.2) is 20.8 Å². The van der Waals surface area contributed by atoms with E-state index in [4.69, 9.17) is 14.7 Å². The molecule has 0 amide bonds. The van der Waals surface area contributed by atoms with Crippen LogP contribution in [0, 0.1) is 0 Å². The molecular formula is C58H37N5O. The quantitative estimate of drug-likeness (QED) is 0.192. The van der Waals surface area contributed by atoms with Crippen molar-refractivity contribution in [2.75, 3.05) is 0 Å². The highest BCUT2D eigenvalue weighted by Crippen LogP contribution is 2.61. The van der Waals surface area contributed by atoms with Gasteiger partial charge in [-0.05, 0) is 59.2 Å². The van der Waals surface area contributed by atoms with Crippen molar-refractivity contribution in [1.29, 1.82) is 0 Å². The summed E-state index contributed by atoms with van der Waals surface area (Å²) in [6.45, 7) is 0. The molecule has 3 aliphatic heterocycles. The highest BCUT2D eigenvalue weighted by molar-refractivity contribution is 6.16. The highest BCUT2D eigenvalue weighted by atomic mass is 16.5. The van der Waals surface area contributed by atoms with E-state index in [1.54, 1.807) is 0 Å². The number of hydrogen-bond acceptors (Lipinski definition) is 4. The lowest BCUT2D eigenvalue weighted by Gasteiger charge is -2.45. The van der Waals surface area contributed by atoms with Crippen molar-refractivity contribution < 1.29 is 4.74 Å². The molecule has 14 rings (SSSR count). The van der Waals surface area contributed by atoms with E-state index in [2.05, 4.69) is 190 Å². The second-order valence-electron chi connectivity index (χ2n) is 16.9. The summed E-state index contributed by atoms with van der Waals surface area (Å²) < 4.78 is 12.0. The third-order valence-corrected chi connectivity index (χ3v) is 13.6. The van der Waals surface area contributed by atoms with Gasteiger partial charge in [0.05, 0.1) is 33.2 Å². The molecule has 1 spiro atoms. The molecule has 5 heterocycles. The number of aliphatic imine (C=N–C) groups is 2. The van der Waals surface area contributed by atoms with Gasteiger partial charge in [-0.3, -0.25) is 0 Å². The second kappa shape index (κ2) is 13.3. The first kappa shape index (κ1) is 35.2. The van der Waals surface area contributed by atoms with Crippen LogP contribution < -0.4 is 10.1 Å².